The van der Waals surface area contributed by atoms with E-state index in [0.717, 1.165) is 42.8 Å². The number of nitrogens with zero attached hydrogens (tertiary/aromatic N) is 6. The largest absolute Gasteiger partial charge is 0.476 e. The molecule has 0 aliphatic carbocycles. The van der Waals surface area contributed by atoms with Crippen LogP contribution >= 0.6 is 11.6 Å². The van der Waals surface area contributed by atoms with E-state index >= 15 is 0 Å². The molecule has 0 aromatic carbocycles. The molecule has 130 valence electrons. The molecular formula is C17H19ClN6O. The first-order valence-electron chi connectivity index (χ1n) is 8.33. The Kier molecular flexibility index (Phi) is 4.40. The summed E-state index contributed by atoms with van der Waals surface area (Å²) in [4.78, 5) is 15.3. The van der Waals surface area contributed by atoms with Crippen LogP contribution in [0.4, 0.5) is 5.82 Å². The number of fused-ring (bicyclic) bond motifs is 1. The first-order valence-corrected chi connectivity index (χ1v) is 8.71. The first kappa shape index (κ1) is 16.1. The maximum Gasteiger partial charge on any atom is 0.232 e. The molecule has 0 saturated carbocycles. The Morgan fingerprint density at radius 3 is 2.88 bits per heavy atom. The fourth-order valence-electron chi connectivity index (χ4n) is 3.19. The molecule has 0 radical (unpaired) electrons. The Labute approximate surface area is 150 Å². The van der Waals surface area contributed by atoms with E-state index in [-0.39, 0.29) is 0 Å². The van der Waals surface area contributed by atoms with Gasteiger partial charge in [-0.15, -0.1) is 0 Å². The zero-order valence-corrected chi connectivity index (χ0v) is 14.7. The van der Waals surface area contributed by atoms with Gasteiger partial charge in [0, 0.05) is 26.3 Å². The van der Waals surface area contributed by atoms with Gasteiger partial charge < -0.3 is 9.64 Å². The van der Waals surface area contributed by atoms with Crippen molar-refractivity contribution in [3.63, 3.8) is 0 Å². The highest BCUT2D eigenvalue weighted by Gasteiger charge is 2.23. The Morgan fingerprint density at radius 1 is 1.24 bits per heavy atom. The minimum absolute atomic E-state index is 0.487. The predicted molar refractivity (Wildman–Crippen MR) is 96.0 cm³/mol. The molecule has 1 fully saturated rings. The maximum absolute atomic E-state index is 6.08. The second kappa shape index (κ2) is 6.84. The Bertz CT molecular complexity index is 874. The molecule has 1 aliphatic rings. The molecule has 1 aliphatic heterocycles. The number of pyridine rings is 1. The summed E-state index contributed by atoms with van der Waals surface area (Å²) in [6.45, 7) is 2.51. The number of ether oxygens (including phenoxy) is 1. The van der Waals surface area contributed by atoms with Crippen LogP contribution in [0.3, 0.4) is 0 Å². The van der Waals surface area contributed by atoms with Gasteiger partial charge in [-0.05, 0) is 30.9 Å². The fraction of sp³-hybridized carbons (Fsp3) is 0.412. The lowest BCUT2D eigenvalue weighted by Crippen LogP contribution is -2.36. The topological polar surface area (TPSA) is 69.0 Å². The van der Waals surface area contributed by atoms with Crippen molar-refractivity contribution in [2.45, 2.75) is 12.8 Å². The van der Waals surface area contributed by atoms with Gasteiger partial charge in [-0.25, -0.2) is 15.0 Å². The lowest BCUT2D eigenvalue weighted by molar-refractivity contribution is 0.216. The lowest BCUT2D eigenvalue weighted by Gasteiger charge is -2.32. The lowest BCUT2D eigenvalue weighted by atomic mass is 9.98. The molecule has 3 aromatic heterocycles. The number of rotatable bonds is 4. The molecule has 4 rings (SSSR count). The van der Waals surface area contributed by atoms with Crippen LogP contribution in [0.25, 0.3) is 11.0 Å². The molecule has 0 unspecified atom stereocenters. The second-order valence-corrected chi connectivity index (χ2v) is 6.64. The molecule has 25 heavy (non-hydrogen) atoms. The standard InChI is InChI=1S/C17H19ClN6O/c1-23-15-13(9-22-23)16(21-11-20-15)24-7-4-12(5-8-24)10-25-17-14(18)3-2-6-19-17/h2-3,6,9,11-12H,4-5,7-8,10H2,1H3. The van der Waals surface area contributed by atoms with E-state index in [9.17, 15) is 0 Å². The van der Waals surface area contributed by atoms with E-state index in [1.807, 2.05) is 13.2 Å². The van der Waals surface area contributed by atoms with Crippen LogP contribution in [0, 0.1) is 5.92 Å². The summed E-state index contributed by atoms with van der Waals surface area (Å²) in [6.07, 6.45) is 7.21. The van der Waals surface area contributed by atoms with Crippen molar-refractivity contribution in [1.29, 1.82) is 0 Å². The molecule has 3 aromatic rings. The molecular weight excluding hydrogens is 340 g/mol. The van der Waals surface area contributed by atoms with Crippen molar-refractivity contribution in [2.75, 3.05) is 24.6 Å². The SMILES string of the molecule is Cn1ncc2c(N3CCC(COc4ncccc4Cl)CC3)ncnc21. The van der Waals surface area contributed by atoms with Crippen LogP contribution in [-0.2, 0) is 7.05 Å². The van der Waals surface area contributed by atoms with Gasteiger partial charge in [0.15, 0.2) is 5.65 Å². The molecule has 8 heteroatoms. The first-order chi connectivity index (χ1) is 12.2. The number of hydrogen-bond acceptors (Lipinski definition) is 6. The van der Waals surface area contributed by atoms with Crippen molar-refractivity contribution in [1.82, 2.24) is 24.7 Å². The van der Waals surface area contributed by atoms with Gasteiger partial charge in [-0.2, -0.15) is 5.10 Å². The average molecular weight is 359 g/mol. The predicted octanol–water partition coefficient (Wildman–Crippen LogP) is 2.71. The van der Waals surface area contributed by atoms with Gasteiger partial charge in [0.25, 0.3) is 0 Å². The normalized spacial score (nSPS) is 15.7. The van der Waals surface area contributed by atoms with Crippen LogP contribution in [0.5, 0.6) is 5.88 Å². The fourth-order valence-corrected chi connectivity index (χ4v) is 3.36. The Morgan fingerprint density at radius 2 is 2.08 bits per heavy atom. The molecule has 1 saturated heterocycles. The Hall–Kier alpha value is -2.41. The number of aromatic nitrogens is 5. The smallest absolute Gasteiger partial charge is 0.232 e. The van der Waals surface area contributed by atoms with E-state index in [0.29, 0.717) is 23.4 Å². The van der Waals surface area contributed by atoms with Crippen LogP contribution in [-0.4, -0.2) is 44.4 Å². The number of aryl methyl sites for hydroxylation is 1. The molecule has 7 nitrogen and oxygen atoms in total. The molecule has 0 atom stereocenters. The summed E-state index contributed by atoms with van der Waals surface area (Å²) in [5, 5.41) is 5.84. The van der Waals surface area contributed by atoms with E-state index < -0.39 is 0 Å². The average Bonchev–Trinajstić information content (AvgIpc) is 3.03. The number of halogens is 1. The zero-order chi connectivity index (χ0) is 17.2. The highest BCUT2D eigenvalue weighted by Crippen LogP contribution is 2.28. The highest BCUT2D eigenvalue weighted by molar-refractivity contribution is 6.31. The number of anilines is 1. The van der Waals surface area contributed by atoms with Crippen molar-refractivity contribution >= 4 is 28.5 Å². The third-order valence-electron chi connectivity index (χ3n) is 4.60. The van der Waals surface area contributed by atoms with Gasteiger partial charge in [0.1, 0.15) is 17.2 Å². The molecule has 0 bridgehead atoms. The zero-order valence-electron chi connectivity index (χ0n) is 14.0. The van der Waals surface area contributed by atoms with Crippen LogP contribution < -0.4 is 9.64 Å². The van der Waals surface area contributed by atoms with Crippen molar-refractivity contribution in [3.05, 3.63) is 35.9 Å². The van der Waals surface area contributed by atoms with E-state index in [1.54, 1.807) is 29.3 Å². The molecule has 0 spiro atoms. The summed E-state index contributed by atoms with van der Waals surface area (Å²) < 4.78 is 7.57. The van der Waals surface area contributed by atoms with E-state index in [2.05, 4.69) is 25.0 Å². The maximum atomic E-state index is 6.08. The summed E-state index contributed by atoms with van der Waals surface area (Å²) in [5.74, 6) is 1.96. The quantitative estimate of drug-likeness (QED) is 0.714. The van der Waals surface area contributed by atoms with E-state index in [4.69, 9.17) is 16.3 Å². The second-order valence-electron chi connectivity index (χ2n) is 6.23. The molecule has 0 amide bonds. The summed E-state index contributed by atoms with van der Waals surface area (Å²) in [5.41, 5.74) is 0.861. The van der Waals surface area contributed by atoms with Gasteiger partial charge in [0.05, 0.1) is 18.2 Å². The number of piperidine rings is 1. The van der Waals surface area contributed by atoms with Crippen molar-refractivity contribution in [2.24, 2.45) is 13.0 Å². The molecule has 4 heterocycles. The van der Waals surface area contributed by atoms with Crippen LogP contribution in [0.2, 0.25) is 5.02 Å². The van der Waals surface area contributed by atoms with Gasteiger partial charge in [-0.1, -0.05) is 11.6 Å². The third-order valence-corrected chi connectivity index (χ3v) is 4.89. The minimum Gasteiger partial charge on any atom is -0.476 e. The summed E-state index contributed by atoms with van der Waals surface area (Å²) in [7, 11) is 1.89. The van der Waals surface area contributed by atoms with Crippen molar-refractivity contribution < 1.29 is 4.74 Å². The monoisotopic (exact) mass is 358 g/mol. The van der Waals surface area contributed by atoms with Gasteiger partial charge in [-0.3, -0.25) is 4.68 Å². The van der Waals surface area contributed by atoms with Crippen LogP contribution in [0.15, 0.2) is 30.9 Å². The Balaban J connectivity index is 1.39. The van der Waals surface area contributed by atoms with Gasteiger partial charge in [0.2, 0.25) is 5.88 Å². The van der Waals surface area contributed by atoms with Crippen LogP contribution in [0.1, 0.15) is 12.8 Å². The third kappa shape index (κ3) is 3.24. The highest BCUT2D eigenvalue weighted by atomic mass is 35.5. The van der Waals surface area contributed by atoms with E-state index in [1.165, 1.54) is 0 Å². The summed E-state index contributed by atoms with van der Waals surface area (Å²) in [6, 6.07) is 3.59. The van der Waals surface area contributed by atoms with Gasteiger partial charge >= 0.3 is 0 Å². The molecule has 0 N–H and O–H groups in total. The van der Waals surface area contributed by atoms with Crippen molar-refractivity contribution in [3.8, 4) is 5.88 Å². The summed E-state index contributed by atoms with van der Waals surface area (Å²) >= 11 is 6.08. The number of hydrogen-bond donors (Lipinski definition) is 0. The minimum atomic E-state index is 0.487.